The van der Waals surface area contributed by atoms with Crippen LogP contribution in [0.1, 0.15) is 5.56 Å². The average molecular weight is 252 g/mol. The Balaban J connectivity index is 1.94. The Labute approximate surface area is 109 Å². The molecule has 0 unspecified atom stereocenters. The fraction of sp³-hybridized carbons (Fsp3) is 0.0667. The van der Waals surface area contributed by atoms with Crippen LogP contribution in [-0.4, -0.2) is 4.98 Å². The highest BCUT2D eigenvalue weighted by Crippen LogP contribution is 2.21. The van der Waals surface area contributed by atoms with Gasteiger partial charge in [-0.1, -0.05) is 18.2 Å². The topological polar surface area (TPSA) is 55.1 Å². The molecule has 4 heteroatoms. The second-order valence-electron chi connectivity index (χ2n) is 4.19. The largest absolute Gasteiger partial charge is 0.423 e. The van der Waals surface area contributed by atoms with Crippen LogP contribution in [0.5, 0.6) is 0 Å². The van der Waals surface area contributed by atoms with Crippen molar-refractivity contribution in [1.29, 1.82) is 0 Å². The van der Waals surface area contributed by atoms with Crippen LogP contribution in [0, 0.1) is 0 Å². The monoisotopic (exact) mass is 252 g/mol. The number of hydrogen-bond acceptors (Lipinski definition) is 4. The molecular weight excluding hydrogens is 240 g/mol. The minimum Gasteiger partial charge on any atom is -0.423 e. The van der Waals surface area contributed by atoms with Gasteiger partial charge in [0.15, 0.2) is 0 Å². The van der Waals surface area contributed by atoms with E-state index in [2.05, 4.69) is 10.3 Å². The molecule has 1 aromatic carbocycles. The van der Waals surface area contributed by atoms with Crippen LogP contribution in [0.3, 0.4) is 0 Å². The molecule has 1 N–H and O–H groups in total. The Bertz CT molecular complexity index is 751. The molecule has 0 atom stereocenters. The summed E-state index contributed by atoms with van der Waals surface area (Å²) >= 11 is 0. The van der Waals surface area contributed by atoms with Gasteiger partial charge in [-0.15, -0.1) is 0 Å². The van der Waals surface area contributed by atoms with Gasteiger partial charge in [-0.3, -0.25) is 4.98 Å². The first-order valence-electron chi connectivity index (χ1n) is 5.98. The Hall–Kier alpha value is -2.62. The predicted octanol–water partition coefficient (Wildman–Crippen LogP) is 2.80. The maximum Gasteiger partial charge on any atom is 0.338 e. The highest BCUT2D eigenvalue weighted by Gasteiger charge is 2.04. The van der Waals surface area contributed by atoms with E-state index in [1.807, 2.05) is 30.3 Å². The minimum atomic E-state index is -0.354. The number of pyridine rings is 1. The third kappa shape index (κ3) is 2.47. The predicted molar refractivity (Wildman–Crippen MR) is 74.0 cm³/mol. The smallest absolute Gasteiger partial charge is 0.338 e. The summed E-state index contributed by atoms with van der Waals surface area (Å²) in [6.45, 7) is 0.612. The summed E-state index contributed by atoms with van der Waals surface area (Å²) in [6, 6.07) is 12.8. The molecule has 2 aromatic heterocycles. The zero-order valence-electron chi connectivity index (χ0n) is 10.2. The van der Waals surface area contributed by atoms with Gasteiger partial charge in [-0.05, 0) is 23.8 Å². The van der Waals surface area contributed by atoms with Crippen LogP contribution in [0.2, 0.25) is 0 Å². The van der Waals surface area contributed by atoms with Gasteiger partial charge in [0.25, 0.3) is 0 Å². The molecule has 3 rings (SSSR count). The van der Waals surface area contributed by atoms with Crippen molar-refractivity contribution in [2.75, 3.05) is 5.32 Å². The number of para-hydroxylation sites is 1. The first kappa shape index (κ1) is 11.5. The molecule has 4 nitrogen and oxygen atoms in total. The zero-order valence-corrected chi connectivity index (χ0v) is 10.2. The van der Waals surface area contributed by atoms with E-state index in [1.54, 1.807) is 18.5 Å². The number of anilines is 1. The van der Waals surface area contributed by atoms with Gasteiger partial charge in [0.2, 0.25) is 0 Å². The van der Waals surface area contributed by atoms with Crippen LogP contribution in [0.4, 0.5) is 5.69 Å². The number of hydrogen-bond donors (Lipinski definition) is 1. The van der Waals surface area contributed by atoms with Crippen molar-refractivity contribution in [2.45, 2.75) is 6.54 Å². The summed E-state index contributed by atoms with van der Waals surface area (Å²) in [5.74, 6) is 0. The maximum atomic E-state index is 11.5. The standard InChI is InChI=1S/C15H12N2O2/c18-15-8-13(12-5-1-2-6-14(12)19-15)17-10-11-4-3-7-16-9-11/h1-9,17H,10H2. The van der Waals surface area contributed by atoms with Crippen LogP contribution in [0.15, 0.2) is 64.1 Å². The molecule has 0 spiro atoms. The molecule has 94 valence electrons. The first-order chi connectivity index (χ1) is 9.33. The number of benzene rings is 1. The van der Waals surface area contributed by atoms with E-state index >= 15 is 0 Å². The van der Waals surface area contributed by atoms with Gasteiger partial charge in [0.05, 0.1) is 5.69 Å². The minimum absolute atomic E-state index is 0.354. The fourth-order valence-corrected chi connectivity index (χ4v) is 1.96. The first-order valence-corrected chi connectivity index (χ1v) is 5.98. The zero-order chi connectivity index (χ0) is 13.1. The van der Waals surface area contributed by atoms with Crippen molar-refractivity contribution in [2.24, 2.45) is 0 Å². The Morgan fingerprint density at radius 3 is 2.89 bits per heavy atom. The van der Waals surface area contributed by atoms with Gasteiger partial charge in [0.1, 0.15) is 5.58 Å². The van der Waals surface area contributed by atoms with Crippen molar-refractivity contribution in [3.63, 3.8) is 0 Å². The van der Waals surface area contributed by atoms with Crippen molar-refractivity contribution >= 4 is 16.7 Å². The van der Waals surface area contributed by atoms with Gasteiger partial charge < -0.3 is 9.73 Å². The Morgan fingerprint density at radius 2 is 2.05 bits per heavy atom. The summed E-state index contributed by atoms with van der Waals surface area (Å²) in [4.78, 5) is 15.6. The lowest BCUT2D eigenvalue weighted by Crippen LogP contribution is -2.05. The van der Waals surface area contributed by atoms with E-state index in [1.165, 1.54) is 6.07 Å². The van der Waals surface area contributed by atoms with Gasteiger partial charge >= 0.3 is 5.63 Å². The molecule has 0 saturated carbocycles. The SMILES string of the molecule is O=c1cc(NCc2cccnc2)c2ccccc2o1. The highest BCUT2D eigenvalue weighted by molar-refractivity contribution is 5.89. The second-order valence-corrected chi connectivity index (χ2v) is 4.19. The lowest BCUT2D eigenvalue weighted by Gasteiger charge is -2.08. The van der Waals surface area contributed by atoms with E-state index in [9.17, 15) is 4.79 Å². The molecule has 0 aliphatic heterocycles. The number of aromatic nitrogens is 1. The molecular formula is C15H12N2O2. The number of rotatable bonds is 3. The normalized spacial score (nSPS) is 10.5. The molecule has 0 bridgehead atoms. The van der Waals surface area contributed by atoms with Crippen LogP contribution >= 0.6 is 0 Å². The summed E-state index contributed by atoms with van der Waals surface area (Å²) in [6.07, 6.45) is 3.52. The van der Waals surface area contributed by atoms with Gasteiger partial charge in [-0.25, -0.2) is 4.79 Å². The lowest BCUT2D eigenvalue weighted by molar-refractivity contribution is 0.561. The molecule has 19 heavy (non-hydrogen) atoms. The van der Waals surface area contributed by atoms with Crippen molar-refractivity contribution < 1.29 is 4.42 Å². The van der Waals surface area contributed by atoms with E-state index < -0.39 is 0 Å². The third-order valence-corrected chi connectivity index (χ3v) is 2.86. The van der Waals surface area contributed by atoms with Gasteiger partial charge in [0, 0.05) is 30.4 Å². The highest BCUT2D eigenvalue weighted by atomic mass is 16.4. The van der Waals surface area contributed by atoms with E-state index in [-0.39, 0.29) is 5.63 Å². The van der Waals surface area contributed by atoms with E-state index in [0.29, 0.717) is 12.1 Å². The van der Waals surface area contributed by atoms with E-state index in [0.717, 1.165) is 16.6 Å². The van der Waals surface area contributed by atoms with Gasteiger partial charge in [-0.2, -0.15) is 0 Å². The van der Waals surface area contributed by atoms with Crippen LogP contribution < -0.4 is 10.9 Å². The van der Waals surface area contributed by atoms with Crippen molar-refractivity contribution in [1.82, 2.24) is 4.98 Å². The fourth-order valence-electron chi connectivity index (χ4n) is 1.96. The molecule has 0 radical (unpaired) electrons. The molecule has 2 heterocycles. The summed E-state index contributed by atoms with van der Waals surface area (Å²) in [5.41, 5.74) is 2.06. The van der Waals surface area contributed by atoms with Crippen LogP contribution in [-0.2, 0) is 6.54 Å². The number of nitrogens with one attached hydrogen (secondary N) is 1. The summed E-state index contributed by atoms with van der Waals surface area (Å²) < 4.78 is 5.15. The molecule has 0 aliphatic rings. The molecule has 0 fully saturated rings. The molecule has 0 amide bonds. The average Bonchev–Trinajstić information content (AvgIpc) is 2.45. The van der Waals surface area contributed by atoms with Crippen LogP contribution in [0.25, 0.3) is 11.0 Å². The second kappa shape index (κ2) is 4.94. The Kier molecular flexibility index (Phi) is 2.98. The number of nitrogens with zero attached hydrogens (tertiary/aromatic N) is 1. The lowest BCUT2D eigenvalue weighted by atomic mass is 10.2. The molecule has 0 aliphatic carbocycles. The van der Waals surface area contributed by atoms with Crippen molar-refractivity contribution in [3.8, 4) is 0 Å². The summed E-state index contributed by atoms with van der Waals surface area (Å²) in [7, 11) is 0. The summed E-state index contributed by atoms with van der Waals surface area (Å²) in [5, 5.41) is 4.14. The third-order valence-electron chi connectivity index (χ3n) is 2.86. The van der Waals surface area contributed by atoms with Crippen molar-refractivity contribution in [3.05, 3.63) is 70.8 Å². The Morgan fingerprint density at radius 1 is 1.16 bits per heavy atom. The molecule has 3 aromatic rings. The van der Waals surface area contributed by atoms with E-state index in [4.69, 9.17) is 4.42 Å². The number of fused-ring (bicyclic) bond motifs is 1. The molecule has 0 saturated heterocycles. The quantitative estimate of drug-likeness (QED) is 0.728. The maximum absolute atomic E-state index is 11.5.